The molecule has 1 aromatic carbocycles. The van der Waals surface area contributed by atoms with E-state index in [4.69, 9.17) is 11.6 Å². The fourth-order valence-corrected chi connectivity index (χ4v) is 5.43. The van der Waals surface area contributed by atoms with Gasteiger partial charge in [0.25, 0.3) is 0 Å². The van der Waals surface area contributed by atoms with Crippen LogP contribution in [0.1, 0.15) is 69.8 Å². The molecular formula is C23H31ClN2O2. The minimum atomic E-state index is -0.385. The van der Waals surface area contributed by atoms with Gasteiger partial charge in [-0.15, -0.1) is 0 Å². The lowest BCUT2D eigenvalue weighted by Crippen LogP contribution is -2.55. The molecule has 2 amide bonds. The third-order valence-electron chi connectivity index (χ3n) is 7.09. The van der Waals surface area contributed by atoms with Crippen molar-refractivity contribution in [3.8, 4) is 0 Å². The van der Waals surface area contributed by atoms with Crippen LogP contribution >= 0.6 is 11.6 Å². The number of hydrogen-bond acceptors (Lipinski definition) is 2. The van der Waals surface area contributed by atoms with Gasteiger partial charge in [-0.3, -0.25) is 9.59 Å². The number of hydrogen-bond donors (Lipinski definition) is 1. The summed E-state index contributed by atoms with van der Waals surface area (Å²) in [6.07, 6.45) is 10.2. The highest BCUT2D eigenvalue weighted by molar-refractivity contribution is 6.30. The number of carbonyl (C=O) groups is 2. The molecule has 2 saturated carbocycles. The van der Waals surface area contributed by atoms with E-state index in [1.807, 2.05) is 29.2 Å². The predicted molar refractivity (Wildman–Crippen MR) is 111 cm³/mol. The molecule has 5 heteroatoms. The van der Waals surface area contributed by atoms with Gasteiger partial charge in [-0.1, -0.05) is 43.0 Å². The molecule has 4 rings (SSSR count). The van der Waals surface area contributed by atoms with E-state index >= 15 is 0 Å². The van der Waals surface area contributed by atoms with Gasteiger partial charge in [0.15, 0.2) is 0 Å². The smallest absolute Gasteiger partial charge is 0.233 e. The summed E-state index contributed by atoms with van der Waals surface area (Å²) >= 11 is 6.19. The molecule has 1 aromatic rings. The highest BCUT2D eigenvalue weighted by atomic mass is 35.5. The summed E-state index contributed by atoms with van der Waals surface area (Å²) in [6.45, 7) is 1.46. The van der Waals surface area contributed by atoms with Crippen molar-refractivity contribution >= 4 is 23.4 Å². The van der Waals surface area contributed by atoms with Crippen LogP contribution in [0.5, 0.6) is 0 Å². The van der Waals surface area contributed by atoms with Crippen LogP contribution in [0, 0.1) is 5.92 Å². The molecule has 1 N–H and O–H groups in total. The average Bonchev–Trinajstić information content (AvgIpc) is 3.14. The molecule has 0 unspecified atom stereocenters. The second-order valence-corrected chi connectivity index (χ2v) is 9.37. The molecule has 3 fully saturated rings. The van der Waals surface area contributed by atoms with Crippen molar-refractivity contribution in [3.63, 3.8) is 0 Å². The minimum Gasteiger partial charge on any atom is -0.353 e. The highest BCUT2D eigenvalue weighted by Gasteiger charge is 2.48. The van der Waals surface area contributed by atoms with Crippen molar-refractivity contribution in [1.82, 2.24) is 10.2 Å². The summed E-state index contributed by atoms with van der Waals surface area (Å²) in [5, 5.41) is 3.91. The van der Waals surface area contributed by atoms with Gasteiger partial charge in [0.2, 0.25) is 11.8 Å². The van der Waals surface area contributed by atoms with Gasteiger partial charge >= 0.3 is 0 Å². The van der Waals surface area contributed by atoms with Crippen molar-refractivity contribution in [2.24, 2.45) is 5.92 Å². The van der Waals surface area contributed by atoms with Crippen molar-refractivity contribution in [2.45, 2.75) is 75.7 Å². The molecule has 1 saturated heterocycles. The molecule has 2 aliphatic carbocycles. The van der Waals surface area contributed by atoms with Gasteiger partial charge in [-0.05, 0) is 62.1 Å². The molecule has 1 aliphatic heterocycles. The fourth-order valence-electron chi connectivity index (χ4n) is 5.24. The van der Waals surface area contributed by atoms with Crippen LogP contribution in [0.2, 0.25) is 5.02 Å². The van der Waals surface area contributed by atoms with Crippen molar-refractivity contribution in [2.75, 3.05) is 13.1 Å². The first-order valence-corrected chi connectivity index (χ1v) is 11.3. The summed E-state index contributed by atoms with van der Waals surface area (Å²) in [5.74, 6) is 1.03. The minimum absolute atomic E-state index is 0.200. The average molecular weight is 403 g/mol. The summed E-state index contributed by atoms with van der Waals surface area (Å²) in [6, 6.07) is 8.01. The van der Waals surface area contributed by atoms with Crippen molar-refractivity contribution < 1.29 is 9.59 Å². The number of carbonyl (C=O) groups excluding carboxylic acids is 2. The van der Waals surface area contributed by atoms with E-state index in [-0.39, 0.29) is 23.3 Å². The van der Waals surface area contributed by atoms with Gasteiger partial charge in [0.1, 0.15) is 0 Å². The van der Waals surface area contributed by atoms with E-state index in [0.717, 1.165) is 50.8 Å². The summed E-state index contributed by atoms with van der Waals surface area (Å²) in [5.41, 5.74) is 0.673. The van der Waals surface area contributed by atoms with Gasteiger partial charge in [0.05, 0.1) is 5.41 Å². The number of nitrogens with one attached hydrogen (secondary N) is 1. The van der Waals surface area contributed by atoms with Crippen molar-refractivity contribution in [1.29, 1.82) is 0 Å². The molecule has 0 atom stereocenters. The van der Waals surface area contributed by atoms with Gasteiger partial charge in [-0.2, -0.15) is 0 Å². The number of benzene rings is 1. The fraction of sp³-hybridized carbons (Fsp3) is 0.652. The van der Waals surface area contributed by atoms with Gasteiger partial charge < -0.3 is 10.2 Å². The summed E-state index contributed by atoms with van der Waals surface area (Å²) < 4.78 is 0. The Morgan fingerprint density at radius 1 is 1.07 bits per heavy atom. The Hall–Kier alpha value is -1.55. The maximum atomic E-state index is 13.4. The molecular weight excluding hydrogens is 372 g/mol. The topological polar surface area (TPSA) is 49.4 Å². The molecule has 0 aromatic heterocycles. The molecule has 1 heterocycles. The zero-order chi connectivity index (χ0) is 19.6. The Bertz CT molecular complexity index is 717. The quantitative estimate of drug-likeness (QED) is 0.790. The molecule has 4 nitrogen and oxygen atoms in total. The van der Waals surface area contributed by atoms with Crippen LogP contribution in [0.4, 0.5) is 0 Å². The van der Waals surface area contributed by atoms with Crippen LogP contribution < -0.4 is 5.32 Å². The van der Waals surface area contributed by atoms with Crippen LogP contribution in [-0.4, -0.2) is 35.8 Å². The van der Waals surface area contributed by atoms with Crippen molar-refractivity contribution in [3.05, 3.63) is 34.9 Å². The molecule has 3 aliphatic rings. The standard InChI is InChI=1S/C23H31ClN2O2/c24-19-8-3-7-18(16-19)23(11-4-12-23)22(28)26-13-9-20(10-14-26)25-21(27)15-17-5-1-2-6-17/h3,7-8,16-17,20H,1-2,4-6,9-15H2,(H,25,27). The number of amides is 2. The highest BCUT2D eigenvalue weighted by Crippen LogP contribution is 2.46. The van der Waals surface area contributed by atoms with Crippen LogP contribution in [0.3, 0.4) is 0 Å². The Kier molecular flexibility index (Phi) is 5.96. The summed E-state index contributed by atoms with van der Waals surface area (Å²) in [7, 11) is 0. The van der Waals surface area contributed by atoms with Crippen LogP contribution in [0.25, 0.3) is 0 Å². The molecule has 0 bridgehead atoms. The molecule has 28 heavy (non-hydrogen) atoms. The Morgan fingerprint density at radius 3 is 2.39 bits per heavy atom. The van der Waals surface area contributed by atoms with E-state index in [9.17, 15) is 9.59 Å². The van der Waals surface area contributed by atoms with Crippen LogP contribution in [-0.2, 0) is 15.0 Å². The zero-order valence-corrected chi connectivity index (χ0v) is 17.3. The van der Waals surface area contributed by atoms with E-state index in [0.29, 0.717) is 17.4 Å². The van der Waals surface area contributed by atoms with E-state index in [2.05, 4.69) is 5.32 Å². The first-order chi connectivity index (χ1) is 13.6. The first-order valence-electron chi connectivity index (χ1n) is 10.9. The SMILES string of the molecule is O=C(CC1CCCC1)NC1CCN(C(=O)C2(c3cccc(Cl)c3)CCC2)CC1. The maximum Gasteiger partial charge on any atom is 0.233 e. The normalized spacial score (nSPS) is 22.7. The lowest BCUT2D eigenvalue weighted by molar-refractivity contribution is -0.142. The second kappa shape index (κ2) is 8.44. The van der Waals surface area contributed by atoms with E-state index in [1.54, 1.807) is 0 Å². The third kappa shape index (κ3) is 4.07. The first kappa shape index (κ1) is 19.8. The Balaban J connectivity index is 1.31. The lowest BCUT2D eigenvalue weighted by atomic mass is 9.63. The molecule has 152 valence electrons. The van der Waals surface area contributed by atoms with Gasteiger partial charge in [0, 0.05) is 30.6 Å². The predicted octanol–water partition coefficient (Wildman–Crippen LogP) is 4.45. The number of likely N-dealkylation sites (tertiary alicyclic amines) is 1. The number of nitrogens with zero attached hydrogens (tertiary/aromatic N) is 1. The number of rotatable bonds is 5. The van der Waals surface area contributed by atoms with E-state index in [1.165, 1.54) is 25.7 Å². The number of piperidine rings is 1. The van der Waals surface area contributed by atoms with Crippen LogP contribution in [0.15, 0.2) is 24.3 Å². The van der Waals surface area contributed by atoms with E-state index < -0.39 is 0 Å². The molecule has 0 spiro atoms. The largest absolute Gasteiger partial charge is 0.353 e. The summed E-state index contributed by atoms with van der Waals surface area (Å²) in [4.78, 5) is 27.7. The van der Waals surface area contributed by atoms with Gasteiger partial charge in [-0.25, -0.2) is 0 Å². The Morgan fingerprint density at radius 2 is 1.79 bits per heavy atom. The lowest BCUT2D eigenvalue weighted by Gasteiger charge is -2.45. The second-order valence-electron chi connectivity index (χ2n) is 8.93. The zero-order valence-electron chi connectivity index (χ0n) is 16.6. The maximum absolute atomic E-state index is 13.4. The number of halogens is 1. The monoisotopic (exact) mass is 402 g/mol. The Labute approximate surface area is 173 Å². The molecule has 0 radical (unpaired) electrons. The third-order valence-corrected chi connectivity index (χ3v) is 7.32.